The highest BCUT2D eigenvalue weighted by Gasteiger charge is 2.00. The molecule has 1 rings (SSSR count). The maximum absolute atomic E-state index is 4.96. The lowest BCUT2D eigenvalue weighted by atomic mass is 10.2. The smallest absolute Gasteiger partial charge is 0.0596 e. The second-order valence-corrected chi connectivity index (χ2v) is 4.30. The van der Waals surface area contributed by atoms with Gasteiger partial charge in [-0.1, -0.05) is 12.2 Å². The van der Waals surface area contributed by atoms with Crippen LogP contribution in [0.4, 0.5) is 0 Å². The predicted molar refractivity (Wildman–Crippen MR) is 74.8 cm³/mol. The molecule has 1 N–H and O–H groups in total. The molecule has 0 aromatic carbocycles. The first-order valence-corrected chi connectivity index (χ1v) is 6.66. The van der Waals surface area contributed by atoms with E-state index in [1.165, 1.54) is 5.69 Å². The molecule has 1 aromatic heterocycles. The lowest BCUT2D eigenvalue weighted by Crippen LogP contribution is -2.19. The van der Waals surface area contributed by atoms with Crippen LogP contribution in [0.1, 0.15) is 24.7 Å². The Morgan fingerprint density at radius 3 is 2.94 bits per heavy atom. The second-order valence-electron chi connectivity index (χ2n) is 4.30. The average molecular weight is 251 g/mol. The average Bonchev–Trinajstić information content (AvgIpc) is 2.73. The Hall–Kier alpha value is -1.13. The minimum absolute atomic E-state index is 0.776. The molecular formula is C14H25N3O. The summed E-state index contributed by atoms with van der Waals surface area (Å²) in [5, 5.41) is 7.75. The standard InChI is InChI=1S/C14H25N3O/c1-4-17-14(12-13(2)16-17)8-6-5-7-9-15-10-11-18-3/h5-6,12,15H,4,7-11H2,1-3H3. The third-order valence-electron chi connectivity index (χ3n) is 2.75. The fourth-order valence-corrected chi connectivity index (χ4v) is 1.84. The summed E-state index contributed by atoms with van der Waals surface area (Å²) in [7, 11) is 1.72. The molecule has 102 valence electrons. The molecule has 0 saturated heterocycles. The van der Waals surface area contributed by atoms with Crippen molar-refractivity contribution in [1.29, 1.82) is 0 Å². The number of rotatable bonds is 9. The number of ether oxygens (including phenoxy) is 1. The Labute approximate surface area is 110 Å². The molecule has 0 saturated carbocycles. The summed E-state index contributed by atoms with van der Waals surface area (Å²) in [5.74, 6) is 0. The fraction of sp³-hybridized carbons (Fsp3) is 0.643. The van der Waals surface area contributed by atoms with Gasteiger partial charge < -0.3 is 10.1 Å². The molecule has 0 unspecified atom stereocenters. The van der Waals surface area contributed by atoms with E-state index in [-0.39, 0.29) is 0 Å². The number of hydrogen-bond donors (Lipinski definition) is 1. The van der Waals surface area contributed by atoms with Crippen molar-refractivity contribution in [3.8, 4) is 0 Å². The highest BCUT2D eigenvalue weighted by Crippen LogP contribution is 2.05. The van der Waals surface area contributed by atoms with Crippen molar-refractivity contribution in [3.63, 3.8) is 0 Å². The topological polar surface area (TPSA) is 39.1 Å². The number of nitrogens with zero attached hydrogens (tertiary/aromatic N) is 2. The predicted octanol–water partition coefficient (Wildman–Crippen LogP) is 1.94. The van der Waals surface area contributed by atoms with Gasteiger partial charge in [-0.15, -0.1) is 0 Å². The molecule has 0 bridgehead atoms. The van der Waals surface area contributed by atoms with E-state index < -0.39 is 0 Å². The van der Waals surface area contributed by atoms with E-state index in [0.29, 0.717) is 0 Å². The zero-order chi connectivity index (χ0) is 13.2. The summed E-state index contributed by atoms with van der Waals surface area (Å²) in [6.07, 6.45) is 6.47. The zero-order valence-corrected chi connectivity index (χ0v) is 11.8. The normalized spacial score (nSPS) is 11.5. The molecule has 0 atom stereocenters. The van der Waals surface area contributed by atoms with Crippen LogP contribution in [-0.4, -0.2) is 36.6 Å². The minimum atomic E-state index is 0.776. The first-order chi connectivity index (χ1) is 8.77. The van der Waals surface area contributed by atoms with Gasteiger partial charge in [-0.2, -0.15) is 5.10 Å². The van der Waals surface area contributed by atoms with E-state index in [2.05, 4.69) is 40.2 Å². The van der Waals surface area contributed by atoms with Gasteiger partial charge in [0.25, 0.3) is 0 Å². The van der Waals surface area contributed by atoms with Crippen molar-refractivity contribution >= 4 is 0 Å². The van der Waals surface area contributed by atoms with Crippen LogP contribution in [0.2, 0.25) is 0 Å². The van der Waals surface area contributed by atoms with Crippen molar-refractivity contribution in [2.75, 3.05) is 26.8 Å². The highest BCUT2D eigenvalue weighted by atomic mass is 16.5. The third kappa shape index (κ3) is 5.47. The monoisotopic (exact) mass is 251 g/mol. The quantitative estimate of drug-likeness (QED) is 0.538. The van der Waals surface area contributed by atoms with E-state index in [9.17, 15) is 0 Å². The van der Waals surface area contributed by atoms with Crippen LogP contribution in [0, 0.1) is 6.92 Å². The van der Waals surface area contributed by atoms with Crippen molar-refractivity contribution in [1.82, 2.24) is 15.1 Å². The van der Waals surface area contributed by atoms with E-state index in [1.54, 1.807) is 7.11 Å². The molecule has 0 aliphatic heterocycles. The fourth-order valence-electron chi connectivity index (χ4n) is 1.84. The minimum Gasteiger partial charge on any atom is -0.383 e. The lowest BCUT2D eigenvalue weighted by molar-refractivity contribution is 0.199. The van der Waals surface area contributed by atoms with Crippen molar-refractivity contribution in [3.05, 3.63) is 29.6 Å². The molecule has 4 nitrogen and oxygen atoms in total. The Morgan fingerprint density at radius 2 is 2.22 bits per heavy atom. The third-order valence-corrected chi connectivity index (χ3v) is 2.75. The number of methoxy groups -OCH3 is 1. The zero-order valence-electron chi connectivity index (χ0n) is 11.8. The SMILES string of the molecule is CCn1nc(C)cc1CC=CCCNCCOC. The van der Waals surface area contributed by atoms with E-state index in [0.717, 1.165) is 44.8 Å². The molecule has 0 radical (unpaired) electrons. The van der Waals surface area contributed by atoms with Crippen molar-refractivity contribution in [2.24, 2.45) is 0 Å². The van der Waals surface area contributed by atoms with Crippen LogP contribution in [0.3, 0.4) is 0 Å². The summed E-state index contributed by atoms with van der Waals surface area (Å²) in [5.41, 5.74) is 2.39. The maximum Gasteiger partial charge on any atom is 0.0596 e. The summed E-state index contributed by atoms with van der Waals surface area (Å²) < 4.78 is 7.03. The first-order valence-electron chi connectivity index (χ1n) is 6.66. The summed E-state index contributed by atoms with van der Waals surface area (Å²) >= 11 is 0. The Balaban J connectivity index is 2.19. The summed E-state index contributed by atoms with van der Waals surface area (Å²) in [4.78, 5) is 0. The molecule has 0 amide bonds. The number of allylic oxidation sites excluding steroid dienone is 1. The number of hydrogen-bond acceptors (Lipinski definition) is 3. The lowest BCUT2D eigenvalue weighted by Gasteiger charge is -2.02. The van der Waals surface area contributed by atoms with E-state index in [4.69, 9.17) is 4.74 Å². The van der Waals surface area contributed by atoms with Gasteiger partial charge in [0.05, 0.1) is 12.3 Å². The second kappa shape index (κ2) is 8.89. The Morgan fingerprint density at radius 1 is 1.39 bits per heavy atom. The van der Waals surface area contributed by atoms with Crippen LogP contribution in [0.25, 0.3) is 0 Å². The molecule has 0 fully saturated rings. The first kappa shape index (κ1) is 14.9. The molecule has 1 aromatic rings. The van der Waals surface area contributed by atoms with Gasteiger partial charge in [-0.3, -0.25) is 4.68 Å². The van der Waals surface area contributed by atoms with Crippen molar-refractivity contribution in [2.45, 2.75) is 33.2 Å². The van der Waals surface area contributed by atoms with Gasteiger partial charge in [0.15, 0.2) is 0 Å². The largest absolute Gasteiger partial charge is 0.383 e. The molecule has 0 aliphatic rings. The molecular weight excluding hydrogens is 226 g/mol. The van der Waals surface area contributed by atoms with Crippen LogP contribution in [0.5, 0.6) is 0 Å². The van der Waals surface area contributed by atoms with Crippen LogP contribution >= 0.6 is 0 Å². The molecule has 0 aliphatic carbocycles. The van der Waals surface area contributed by atoms with Gasteiger partial charge >= 0.3 is 0 Å². The summed E-state index contributed by atoms with van der Waals surface area (Å²) in [6, 6.07) is 2.16. The van der Waals surface area contributed by atoms with Crippen LogP contribution < -0.4 is 5.32 Å². The van der Waals surface area contributed by atoms with Gasteiger partial charge in [-0.05, 0) is 32.9 Å². The molecule has 1 heterocycles. The molecule has 4 heteroatoms. The Kier molecular flexibility index (Phi) is 7.37. The van der Waals surface area contributed by atoms with Crippen molar-refractivity contribution < 1.29 is 4.74 Å². The van der Waals surface area contributed by atoms with Gasteiger partial charge in [0.2, 0.25) is 0 Å². The summed E-state index contributed by atoms with van der Waals surface area (Å²) in [6.45, 7) is 7.81. The van der Waals surface area contributed by atoms with E-state index in [1.807, 2.05) is 6.92 Å². The number of aryl methyl sites for hydroxylation is 2. The van der Waals surface area contributed by atoms with Crippen LogP contribution in [-0.2, 0) is 17.7 Å². The highest BCUT2D eigenvalue weighted by molar-refractivity contribution is 5.12. The van der Waals surface area contributed by atoms with Gasteiger partial charge in [0.1, 0.15) is 0 Å². The van der Waals surface area contributed by atoms with E-state index >= 15 is 0 Å². The number of nitrogens with one attached hydrogen (secondary N) is 1. The Bertz CT molecular complexity index is 358. The molecule has 0 spiro atoms. The van der Waals surface area contributed by atoms with Gasteiger partial charge in [-0.25, -0.2) is 0 Å². The molecule has 18 heavy (non-hydrogen) atoms. The van der Waals surface area contributed by atoms with Crippen LogP contribution in [0.15, 0.2) is 18.2 Å². The maximum atomic E-state index is 4.96. The van der Waals surface area contributed by atoms with Gasteiger partial charge in [0, 0.05) is 32.3 Å². The number of aromatic nitrogens is 2.